The van der Waals surface area contributed by atoms with Gasteiger partial charge in [-0.15, -0.1) is 11.3 Å². The first-order valence-electron chi connectivity index (χ1n) is 9.81. The number of benzene rings is 2. The Morgan fingerprint density at radius 2 is 1.93 bits per heavy atom. The molecule has 0 aliphatic carbocycles. The molecule has 0 saturated carbocycles. The number of nitrogens with zero attached hydrogens (tertiary/aromatic N) is 2. The van der Waals surface area contributed by atoms with Crippen LogP contribution in [0.25, 0.3) is 10.8 Å². The Kier molecular flexibility index (Phi) is 5.44. The van der Waals surface area contributed by atoms with Gasteiger partial charge >= 0.3 is 0 Å². The third-order valence-corrected chi connectivity index (χ3v) is 6.29. The number of amides is 2. The third-order valence-electron chi connectivity index (χ3n) is 5.43. The van der Waals surface area contributed by atoms with E-state index >= 15 is 0 Å². The second kappa shape index (κ2) is 8.15. The lowest BCUT2D eigenvalue weighted by Crippen LogP contribution is -2.46. The topological polar surface area (TPSA) is 40.6 Å². The number of likely N-dealkylation sites (tertiary alicyclic amines) is 1. The summed E-state index contributed by atoms with van der Waals surface area (Å²) in [6.45, 7) is 3.84. The highest BCUT2D eigenvalue weighted by atomic mass is 32.1. The molecule has 4 rings (SSSR count). The molecular formula is C23H24N2O2S. The molecule has 2 heterocycles. The van der Waals surface area contributed by atoms with Crippen molar-refractivity contribution in [1.29, 1.82) is 0 Å². The Hall–Kier alpha value is -2.66. The van der Waals surface area contributed by atoms with Crippen LogP contribution in [-0.2, 0) is 4.79 Å². The predicted molar refractivity (Wildman–Crippen MR) is 115 cm³/mol. The number of piperidine rings is 1. The molecule has 5 heteroatoms. The second-order valence-corrected chi connectivity index (χ2v) is 8.10. The van der Waals surface area contributed by atoms with Crippen molar-refractivity contribution in [2.75, 3.05) is 24.5 Å². The number of carbonyl (C=O) groups is 2. The Labute approximate surface area is 169 Å². The zero-order chi connectivity index (χ0) is 19.5. The molecule has 144 valence electrons. The van der Waals surface area contributed by atoms with E-state index < -0.39 is 0 Å². The normalized spacial score (nSPS) is 16.9. The number of carbonyl (C=O) groups excluding carboxylic acids is 2. The lowest BCUT2D eigenvalue weighted by Gasteiger charge is -2.35. The van der Waals surface area contributed by atoms with Crippen molar-refractivity contribution in [3.8, 4) is 0 Å². The second-order valence-electron chi connectivity index (χ2n) is 7.15. The molecule has 1 atom stereocenters. The maximum Gasteiger partial charge on any atom is 0.263 e. The summed E-state index contributed by atoms with van der Waals surface area (Å²) in [6, 6.07) is 18.0. The van der Waals surface area contributed by atoms with Crippen molar-refractivity contribution >= 4 is 39.6 Å². The minimum atomic E-state index is -0.156. The van der Waals surface area contributed by atoms with Gasteiger partial charge in [0.05, 0.1) is 16.5 Å². The van der Waals surface area contributed by atoms with Gasteiger partial charge in [0.25, 0.3) is 5.91 Å². The van der Waals surface area contributed by atoms with Crippen LogP contribution in [0.3, 0.4) is 0 Å². The average Bonchev–Trinajstić information content (AvgIpc) is 3.29. The minimum Gasteiger partial charge on any atom is -0.337 e. The Morgan fingerprint density at radius 1 is 1.11 bits per heavy atom. The molecule has 28 heavy (non-hydrogen) atoms. The van der Waals surface area contributed by atoms with Crippen molar-refractivity contribution in [1.82, 2.24) is 4.90 Å². The van der Waals surface area contributed by atoms with Crippen molar-refractivity contribution in [2.45, 2.75) is 19.8 Å². The number of hydrogen-bond donors (Lipinski definition) is 0. The Morgan fingerprint density at radius 3 is 2.71 bits per heavy atom. The van der Waals surface area contributed by atoms with Crippen LogP contribution in [0.2, 0.25) is 0 Å². The summed E-state index contributed by atoms with van der Waals surface area (Å²) in [7, 11) is 0. The SMILES string of the molecule is CCN(C(=O)C1CCCN(C(=O)c2cccs2)C1)c1cccc2ccccc12. The molecule has 0 spiro atoms. The highest BCUT2D eigenvalue weighted by Gasteiger charge is 2.32. The van der Waals surface area contributed by atoms with E-state index in [1.54, 1.807) is 0 Å². The van der Waals surface area contributed by atoms with Gasteiger partial charge in [0, 0.05) is 25.0 Å². The van der Waals surface area contributed by atoms with Gasteiger partial charge in [0.15, 0.2) is 0 Å². The quantitative estimate of drug-likeness (QED) is 0.639. The third kappa shape index (κ3) is 3.54. The van der Waals surface area contributed by atoms with Crippen LogP contribution < -0.4 is 4.90 Å². The summed E-state index contributed by atoms with van der Waals surface area (Å²) in [5.74, 6) is -0.000164. The largest absolute Gasteiger partial charge is 0.337 e. The van der Waals surface area contributed by atoms with Gasteiger partial charge in [0.1, 0.15) is 0 Å². The van der Waals surface area contributed by atoms with Crippen molar-refractivity contribution in [3.63, 3.8) is 0 Å². The molecule has 2 amide bonds. The zero-order valence-corrected chi connectivity index (χ0v) is 16.8. The molecule has 1 unspecified atom stereocenters. The standard InChI is InChI=1S/C23H24N2O2S/c1-2-25(20-12-5-9-17-8-3-4-11-19(17)20)22(26)18-10-6-14-24(16-18)23(27)21-13-7-15-28-21/h3-5,7-9,11-13,15,18H,2,6,10,14,16H2,1H3. The fraction of sp³-hybridized carbons (Fsp3) is 0.304. The smallest absolute Gasteiger partial charge is 0.263 e. The maximum atomic E-state index is 13.4. The minimum absolute atomic E-state index is 0.0423. The van der Waals surface area contributed by atoms with Crippen LogP contribution in [-0.4, -0.2) is 36.3 Å². The van der Waals surface area contributed by atoms with E-state index in [9.17, 15) is 9.59 Å². The lowest BCUT2D eigenvalue weighted by atomic mass is 9.95. The average molecular weight is 393 g/mol. The first-order chi connectivity index (χ1) is 13.7. The van der Waals surface area contributed by atoms with E-state index in [-0.39, 0.29) is 17.7 Å². The molecule has 1 aromatic heterocycles. The van der Waals surface area contributed by atoms with E-state index in [1.165, 1.54) is 11.3 Å². The summed E-state index contributed by atoms with van der Waals surface area (Å²) in [4.78, 5) is 30.6. The molecule has 2 aromatic carbocycles. The van der Waals surface area contributed by atoms with Gasteiger partial charge in [-0.3, -0.25) is 9.59 Å². The molecule has 1 fully saturated rings. The molecule has 1 aliphatic heterocycles. The van der Waals surface area contributed by atoms with Crippen molar-refractivity contribution in [3.05, 3.63) is 64.9 Å². The molecule has 0 radical (unpaired) electrons. The molecule has 4 nitrogen and oxygen atoms in total. The number of thiophene rings is 1. The van der Waals surface area contributed by atoms with Crippen LogP contribution >= 0.6 is 11.3 Å². The first-order valence-corrected chi connectivity index (χ1v) is 10.7. The molecule has 0 N–H and O–H groups in total. The summed E-state index contributed by atoms with van der Waals surface area (Å²) < 4.78 is 0. The van der Waals surface area contributed by atoms with Gasteiger partial charge in [-0.1, -0.05) is 42.5 Å². The summed E-state index contributed by atoms with van der Waals surface area (Å²) >= 11 is 1.46. The summed E-state index contributed by atoms with van der Waals surface area (Å²) in [6.07, 6.45) is 1.69. The molecule has 1 aliphatic rings. The van der Waals surface area contributed by atoms with Crippen LogP contribution in [0.4, 0.5) is 5.69 Å². The number of fused-ring (bicyclic) bond motifs is 1. The number of anilines is 1. The maximum absolute atomic E-state index is 13.4. The fourth-order valence-electron chi connectivity index (χ4n) is 4.03. The molecule has 3 aromatic rings. The van der Waals surface area contributed by atoms with E-state index in [0.29, 0.717) is 13.1 Å². The van der Waals surface area contributed by atoms with E-state index in [2.05, 4.69) is 18.2 Å². The molecular weight excluding hydrogens is 368 g/mol. The van der Waals surface area contributed by atoms with E-state index in [1.807, 2.05) is 58.5 Å². The molecule has 0 bridgehead atoms. The van der Waals surface area contributed by atoms with Crippen LogP contribution in [0.5, 0.6) is 0 Å². The lowest BCUT2D eigenvalue weighted by molar-refractivity contribution is -0.123. The van der Waals surface area contributed by atoms with E-state index in [0.717, 1.165) is 40.7 Å². The van der Waals surface area contributed by atoms with Crippen LogP contribution in [0.15, 0.2) is 60.0 Å². The van der Waals surface area contributed by atoms with Gasteiger partial charge in [-0.2, -0.15) is 0 Å². The summed E-state index contributed by atoms with van der Waals surface area (Å²) in [5, 5.41) is 4.13. The summed E-state index contributed by atoms with van der Waals surface area (Å²) in [5.41, 5.74) is 0.951. The van der Waals surface area contributed by atoms with Crippen LogP contribution in [0.1, 0.15) is 29.4 Å². The fourth-order valence-corrected chi connectivity index (χ4v) is 4.72. The van der Waals surface area contributed by atoms with Crippen LogP contribution in [0, 0.1) is 5.92 Å². The monoisotopic (exact) mass is 392 g/mol. The van der Waals surface area contributed by atoms with Gasteiger partial charge in [-0.25, -0.2) is 0 Å². The van der Waals surface area contributed by atoms with Crippen molar-refractivity contribution < 1.29 is 9.59 Å². The first kappa shape index (κ1) is 18.7. The molecule has 1 saturated heterocycles. The number of rotatable bonds is 4. The Balaban J connectivity index is 1.57. The Bertz CT molecular complexity index is 978. The van der Waals surface area contributed by atoms with E-state index in [4.69, 9.17) is 0 Å². The highest BCUT2D eigenvalue weighted by molar-refractivity contribution is 7.12. The number of hydrogen-bond acceptors (Lipinski definition) is 3. The zero-order valence-electron chi connectivity index (χ0n) is 16.0. The highest BCUT2D eigenvalue weighted by Crippen LogP contribution is 2.30. The van der Waals surface area contributed by atoms with Gasteiger partial charge in [0.2, 0.25) is 5.91 Å². The predicted octanol–water partition coefficient (Wildman–Crippen LogP) is 4.81. The van der Waals surface area contributed by atoms with Gasteiger partial charge < -0.3 is 9.80 Å². The van der Waals surface area contributed by atoms with Gasteiger partial charge in [-0.05, 0) is 42.7 Å². The van der Waals surface area contributed by atoms with Crippen molar-refractivity contribution in [2.24, 2.45) is 5.92 Å².